The van der Waals surface area contributed by atoms with Crippen LogP contribution in [0.2, 0.25) is 0 Å². The van der Waals surface area contributed by atoms with Gasteiger partial charge in [-0.25, -0.2) is 4.98 Å². The molecule has 2 heterocycles. The fourth-order valence-electron chi connectivity index (χ4n) is 3.89. The van der Waals surface area contributed by atoms with Gasteiger partial charge in [0.05, 0.1) is 5.41 Å². The minimum atomic E-state index is 0.00475. The molecular weight excluding hydrogens is 294 g/mol. The minimum Gasteiger partial charge on any atom is -0.330 e. The van der Waals surface area contributed by atoms with Crippen LogP contribution in [-0.4, -0.2) is 22.6 Å². The smallest absolute Gasteiger partial charge is 0.119 e. The van der Waals surface area contributed by atoms with E-state index in [1.165, 1.54) is 17.0 Å². The number of piperidine rings is 1. The molecule has 0 atom stereocenters. The minimum absolute atomic E-state index is 0.00475. The average Bonchev–Trinajstić information content (AvgIpc) is 3.12. The molecule has 4 rings (SSSR count). The molecule has 0 saturated carbocycles. The molecule has 1 saturated heterocycles. The number of rotatable bonds is 4. The largest absolute Gasteiger partial charge is 0.330 e. The molecule has 1 N–H and O–H groups in total. The van der Waals surface area contributed by atoms with E-state index >= 15 is 0 Å². The van der Waals surface area contributed by atoms with Gasteiger partial charge in [0, 0.05) is 18.9 Å². The van der Waals surface area contributed by atoms with Gasteiger partial charge in [-0.15, -0.1) is 0 Å². The maximum atomic E-state index is 4.82. The SMILES string of the molecule is c1ccc(Cn2ccnc2C2(c3ccccc3)CCNCC2)cc1. The zero-order valence-electron chi connectivity index (χ0n) is 13.9. The maximum Gasteiger partial charge on any atom is 0.119 e. The van der Waals surface area contributed by atoms with Crippen LogP contribution in [-0.2, 0) is 12.0 Å². The van der Waals surface area contributed by atoms with Gasteiger partial charge >= 0.3 is 0 Å². The Morgan fingerprint density at radius 1 is 0.917 bits per heavy atom. The van der Waals surface area contributed by atoms with Crippen molar-refractivity contribution in [2.75, 3.05) is 13.1 Å². The Bertz CT molecular complexity index is 771. The predicted molar refractivity (Wildman–Crippen MR) is 97.1 cm³/mol. The molecule has 24 heavy (non-hydrogen) atoms. The Balaban J connectivity index is 1.76. The highest BCUT2D eigenvalue weighted by molar-refractivity contribution is 5.35. The molecular formula is C21H23N3. The summed E-state index contributed by atoms with van der Waals surface area (Å²) in [7, 11) is 0. The molecule has 3 heteroatoms. The molecule has 1 fully saturated rings. The van der Waals surface area contributed by atoms with Crippen molar-refractivity contribution >= 4 is 0 Å². The molecule has 1 aromatic heterocycles. The van der Waals surface area contributed by atoms with E-state index in [0.717, 1.165) is 32.5 Å². The van der Waals surface area contributed by atoms with Crippen molar-refractivity contribution in [2.45, 2.75) is 24.8 Å². The molecule has 0 amide bonds. The van der Waals surface area contributed by atoms with Crippen LogP contribution < -0.4 is 5.32 Å². The van der Waals surface area contributed by atoms with E-state index in [9.17, 15) is 0 Å². The second kappa shape index (κ2) is 6.62. The van der Waals surface area contributed by atoms with Crippen LogP contribution in [0.25, 0.3) is 0 Å². The monoisotopic (exact) mass is 317 g/mol. The summed E-state index contributed by atoms with van der Waals surface area (Å²) >= 11 is 0. The fourth-order valence-corrected chi connectivity index (χ4v) is 3.89. The molecule has 1 aliphatic heterocycles. The van der Waals surface area contributed by atoms with Crippen LogP contribution in [0, 0.1) is 0 Å². The van der Waals surface area contributed by atoms with Crippen LogP contribution in [0.1, 0.15) is 29.8 Å². The summed E-state index contributed by atoms with van der Waals surface area (Å²) in [5.74, 6) is 1.19. The van der Waals surface area contributed by atoms with Gasteiger partial charge in [-0.2, -0.15) is 0 Å². The van der Waals surface area contributed by atoms with Gasteiger partial charge < -0.3 is 9.88 Å². The number of nitrogens with one attached hydrogen (secondary N) is 1. The van der Waals surface area contributed by atoms with Crippen molar-refractivity contribution in [1.82, 2.24) is 14.9 Å². The zero-order valence-corrected chi connectivity index (χ0v) is 13.9. The number of nitrogens with zero attached hydrogens (tertiary/aromatic N) is 2. The Morgan fingerprint density at radius 3 is 2.29 bits per heavy atom. The molecule has 1 aliphatic rings. The number of hydrogen-bond donors (Lipinski definition) is 1. The highest BCUT2D eigenvalue weighted by Crippen LogP contribution is 2.39. The third-order valence-corrected chi connectivity index (χ3v) is 5.12. The highest BCUT2D eigenvalue weighted by atomic mass is 15.1. The second-order valence-electron chi connectivity index (χ2n) is 6.56. The molecule has 0 unspecified atom stereocenters. The zero-order chi connectivity index (χ0) is 16.2. The third-order valence-electron chi connectivity index (χ3n) is 5.12. The number of aromatic nitrogens is 2. The van der Waals surface area contributed by atoms with E-state index in [0.29, 0.717) is 0 Å². The second-order valence-corrected chi connectivity index (χ2v) is 6.56. The number of imidazole rings is 1. The quantitative estimate of drug-likeness (QED) is 0.797. The van der Waals surface area contributed by atoms with E-state index < -0.39 is 0 Å². The van der Waals surface area contributed by atoms with Gasteiger partial charge in [-0.1, -0.05) is 60.7 Å². The maximum absolute atomic E-state index is 4.82. The standard InChI is InChI=1S/C21H23N3/c1-3-7-18(8-4-1)17-24-16-15-23-20(24)21(11-13-22-14-12-21)19-9-5-2-6-10-19/h1-10,15-16,22H,11-14,17H2. The van der Waals surface area contributed by atoms with Gasteiger partial charge in [0.25, 0.3) is 0 Å². The van der Waals surface area contributed by atoms with E-state index in [1.54, 1.807) is 0 Å². The normalized spacial score (nSPS) is 16.8. The Labute approximate surface area is 143 Å². The summed E-state index contributed by atoms with van der Waals surface area (Å²) in [6.45, 7) is 2.94. The highest BCUT2D eigenvalue weighted by Gasteiger charge is 2.39. The van der Waals surface area contributed by atoms with Gasteiger partial charge in [0.1, 0.15) is 5.82 Å². The van der Waals surface area contributed by atoms with Gasteiger partial charge in [-0.3, -0.25) is 0 Å². The number of hydrogen-bond acceptors (Lipinski definition) is 2. The van der Waals surface area contributed by atoms with E-state index in [2.05, 4.69) is 76.7 Å². The lowest BCUT2D eigenvalue weighted by molar-refractivity contribution is 0.336. The molecule has 3 aromatic rings. The molecule has 0 bridgehead atoms. The van der Waals surface area contributed by atoms with Crippen molar-refractivity contribution in [3.63, 3.8) is 0 Å². The van der Waals surface area contributed by atoms with E-state index in [1.807, 2.05) is 6.20 Å². The van der Waals surface area contributed by atoms with Crippen molar-refractivity contribution in [3.8, 4) is 0 Å². The van der Waals surface area contributed by atoms with E-state index in [4.69, 9.17) is 4.98 Å². The van der Waals surface area contributed by atoms with Crippen LogP contribution in [0.3, 0.4) is 0 Å². The fraction of sp³-hybridized carbons (Fsp3) is 0.286. The number of benzene rings is 2. The average molecular weight is 317 g/mol. The molecule has 2 aromatic carbocycles. The lowest BCUT2D eigenvalue weighted by atomic mass is 9.72. The van der Waals surface area contributed by atoms with Crippen LogP contribution in [0.4, 0.5) is 0 Å². The summed E-state index contributed by atoms with van der Waals surface area (Å²) in [6, 6.07) is 21.5. The first-order chi connectivity index (χ1) is 11.9. The summed E-state index contributed by atoms with van der Waals surface area (Å²) < 4.78 is 2.33. The topological polar surface area (TPSA) is 29.9 Å². The van der Waals surface area contributed by atoms with E-state index in [-0.39, 0.29) is 5.41 Å². The summed E-state index contributed by atoms with van der Waals surface area (Å²) in [5, 5.41) is 3.50. The summed E-state index contributed by atoms with van der Waals surface area (Å²) in [4.78, 5) is 4.82. The first-order valence-corrected chi connectivity index (χ1v) is 8.70. The Morgan fingerprint density at radius 2 is 1.58 bits per heavy atom. The lowest BCUT2D eigenvalue weighted by Crippen LogP contribution is -2.42. The van der Waals surface area contributed by atoms with Crippen LogP contribution >= 0.6 is 0 Å². The third kappa shape index (κ3) is 2.76. The van der Waals surface area contributed by atoms with Crippen molar-refractivity contribution in [2.24, 2.45) is 0 Å². The molecule has 0 spiro atoms. The Hall–Kier alpha value is -2.39. The van der Waals surface area contributed by atoms with Gasteiger partial charge in [0.2, 0.25) is 0 Å². The summed E-state index contributed by atoms with van der Waals surface area (Å²) in [6.07, 6.45) is 6.24. The first kappa shape index (κ1) is 15.2. The van der Waals surface area contributed by atoms with Crippen molar-refractivity contribution in [1.29, 1.82) is 0 Å². The summed E-state index contributed by atoms with van der Waals surface area (Å²) in [5.41, 5.74) is 2.70. The van der Waals surface area contributed by atoms with Crippen molar-refractivity contribution in [3.05, 3.63) is 90.0 Å². The van der Waals surface area contributed by atoms with Gasteiger partial charge in [0.15, 0.2) is 0 Å². The first-order valence-electron chi connectivity index (χ1n) is 8.70. The Kier molecular flexibility index (Phi) is 4.18. The van der Waals surface area contributed by atoms with Crippen LogP contribution in [0.15, 0.2) is 73.1 Å². The van der Waals surface area contributed by atoms with Gasteiger partial charge in [-0.05, 0) is 37.1 Å². The predicted octanol–water partition coefficient (Wildman–Crippen LogP) is 3.60. The molecule has 3 nitrogen and oxygen atoms in total. The van der Waals surface area contributed by atoms with Crippen molar-refractivity contribution < 1.29 is 0 Å². The molecule has 122 valence electrons. The lowest BCUT2D eigenvalue weighted by Gasteiger charge is -2.38. The van der Waals surface area contributed by atoms with Crippen LogP contribution in [0.5, 0.6) is 0 Å². The molecule has 0 radical (unpaired) electrons. The molecule has 0 aliphatic carbocycles.